The third-order valence-corrected chi connectivity index (χ3v) is 2.76. The van der Waals surface area contributed by atoms with Crippen molar-refractivity contribution in [2.75, 3.05) is 0 Å². The molecule has 2 N–H and O–H groups in total. The van der Waals surface area contributed by atoms with Crippen molar-refractivity contribution < 1.29 is 0 Å². The van der Waals surface area contributed by atoms with E-state index in [9.17, 15) is 0 Å². The molecule has 80 valence electrons. The minimum absolute atomic E-state index is 0.215. The van der Waals surface area contributed by atoms with Gasteiger partial charge >= 0.3 is 0 Å². The molecule has 0 aromatic heterocycles. The molecule has 0 spiro atoms. The zero-order valence-corrected chi connectivity index (χ0v) is 10.5. The molecule has 0 aliphatic carbocycles. The highest BCUT2D eigenvalue weighted by Crippen LogP contribution is 2.12. The lowest BCUT2D eigenvalue weighted by atomic mass is 10.0. The Kier molecular flexibility index (Phi) is 5.45. The fourth-order valence-corrected chi connectivity index (χ4v) is 1.67. The highest BCUT2D eigenvalue weighted by molar-refractivity contribution is 9.10. The van der Waals surface area contributed by atoms with Gasteiger partial charge in [0.05, 0.1) is 0 Å². The zero-order valence-electron chi connectivity index (χ0n) is 8.96. The second-order valence-electron chi connectivity index (χ2n) is 3.56. The summed E-state index contributed by atoms with van der Waals surface area (Å²) in [4.78, 5) is 0. The van der Waals surface area contributed by atoms with Gasteiger partial charge in [-0.15, -0.1) is 11.8 Å². The van der Waals surface area contributed by atoms with Gasteiger partial charge in [0.25, 0.3) is 0 Å². The molecule has 0 heterocycles. The third-order valence-electron chi connectivity index (χ3n) is 2.23. The van der Waals surface area contributed by atoms with Gasteiger partial charge in [-0.05, 0) is 37.5 Å². The number of nitrogens with two attached hydrogens (primary N) is 1. The predicted octanol–water partition coefficient (Wildman–Crippen LogP) is 3.12. The van der Waals surface area contributed by atoms with Crippen LogP contribution in [0.25, 0.3) is 0 Å². The summed E-state index contributed by atoms with van der Waals surface area (Å²) in [6, 6.07) is 8.53. The largest absolute Gasteiger partial charge is 0.327 e. The van der Waals surface area contributed by atoms with Crippen LogP contribution in [-0.4, -0.2) is 6.04 Å². The first-order valence-corrected chi connectivity index (χ1v) is 5.91. The summed E-state index contributed by atoms with van der Waals surface area (Å²) in [5.74, 6) is 5.92. The van der Waals surface area contributed by atoms with E-state index in [1.54, 1.807) is 0 Å². The van der Waals surface area contributed by atoms with Crippen molar-refractivity contribution in [2.24, 2.45) is 5.73 Å². The number of halogens is 1. The molecule has 0 radical (unpaired) electrons. The van der Waals surface area contributed by atoms with Crippen LogP contribution in [0.2, 0.25) is 0 Å². The fraction of sp³-hybridized carbons (Fsp3) is 0.385. The molecule has 2 heteroatoms. The Morgan fingerprint density at radius 2 is 2.00 bits per heavy atom. The summed E-state index contributed by atoms with van der Waals surface area (Å²) < 4.78 is 1.11. The highest BCUT2D eigenvalue weighted by atomic mass is 79.9. The lowest BCUT2D eigenvalue weighted by Crippen LogP contribution is -2.22. The second-order valence-corrected chi connectivity index (χ2v) is 4.47. The second kappa shape index (κ2) is 6.66. The minimum Gasteiger partial charge on any atom is -0.327 e. The van der Waals surface area contributed by atoms with Crippen LogP contribution < -0.4 is 5.73 Å². The smallest absolute Gasteiger partial charge is 0.0175 e. The van der Waals surface area contributed by atoms with Gasteiger partial charge in [-0.1, -0.05) is 28.1 Å². The van der Waals surface area contributed by atoms with Crippen LogP contribution in [0.15, 0.2) is 28.7 Å². The van der Waals surface area contributed by atoms with E-state index in [1.807, 2.05) is 19.1 Å². The van der Waals surface area contributed by atoms with E-state index in [1.165, 1.54) is 5.56 Å². The van der Waals surface area contributed by atoms with Gasteiger partial charge in [-0.3, -0.25) is 0 Å². The molecule has 1 nitrogen and oxygen atoms in total. The molecule has 1 unspecified atom stereocenters. The summed E-state index contributed by atoms with van der Waals surface area (Å²) >= 11 is 3.41. The standard InChI is InChI=1S/C13H16BrN/c1-2-3-4-5-13(15)10-11-6-8-12(14)9-7-11/h6-9,13H,4-5,10,15H2,1H3. The molecule has 0 aliphatic heterocycles. The Hall–Kier alpha value is -0.780. The molecule has 0 fully saturated rings. The molecule has 0 aliphatic rings. The van der Waals surface area contributed by atoms with Crippen molar-refractivity contribution >= 4 is 15.9 Å². The van der Waals surface area contributed by atoms with Gasteiger partial charge in [0, 0.05) is 16.9 Å². The maximum atomic E-state index is 6.01. The molecule has 1 atom stereocenters. The molecular weight excluding hydrogens is 250 g/mol. The van der Waals surface area contributed by atoms with E-state index in [0.717, 1.165) is 23.7 Å². The Morgan fingerprint density at radius 3 is 2.60 bits per heavy atom. The van der Waals surface area contributed by atoms with Gasteiger partial charge in [0.2, 0.25) is 0 Å². The number of hydrogen-bond acceptors (Lipinski definition) is 1. The zero-order chi connectivity index (χ0) is 11.1. The van der Waals surface area contributed by atoms with E-state index in [0.29, 0.717) is 0 Å². The van der Waals surface area contributed by atoms with Crippen LogP contribution in [0.1, 0.15) is 25.3 Å². The fourth-order valence-electron chi connectivity index (χ4n) is 1.41. The van der Waals surface area contributed by atoms with Crippen molar-refractivity contribution in [2.45, 2.75) is 32.2 Å². The first kappa shape index (κ1) is 12.3. The summed E-state index contributed by atoms with van der Waals surface area (Å²) in [6.45, 7) is 1.86. The van der Waals surface area contributed by atoms with Crippen LogP contribution in [0, 0.1) is 11.8 Å². The Labute approximate surface area is 100 Å². The summed E-state index contributed by atoms with van der Waals surface area (Å²) in [5, 5.41) is 0. The lowest BCUT2D eigenvalue weighted by Gasteiger charge is -2.09. The van der Waals surface area contributed by atoms with Gasteiger partial charge in [-0.25, -0.2) is 0 Å². The van der Waals surface area contributed by atoms with E-state index in [2.05, 4.69) is 39.9 Å². The van der Waals surface area contributed by atoms with Crippen LogP contribution >= 0.6 is 15.9 Å². The van der Waals surface area contributed by atoms with Crippen LogP contribution in [-0.2, 0) is 6.42 Å². The molecular formula is C13H16BrN. The Morgan fingerprint density at radius 1 is 1.33 bits per heavy atom. The monoisotopic (exact) mass is 265 g/mol. The number of rotatable bonds is 4. The molecule has 1 aromatic carbocycles. The normalized spacial score (nSPS) is 11.7. The number of benzene rings is 1. The Balaban J connectivity index is 2.39. The van der Waals surface area contributed by atoms with Gasteiger partial charge in [0.1, 0.15) is 0 Å². The van der Waals surface area contributed by atoms with E-state index < -0.39 is 0 Å². The number of hydrogen-bond donors (Lipinski definition) is 1. The maximum absolute atomic E-state index is 6.01. The van der Waals surface area contributed by atoms with Crippen LogP contribution in [0.3, 0.4) is 0 Å². The van der Waals surface area contributed by atoms with Crippen molar-refractivity contribution in [1.82, 2.24) is 0 Å². The average molecular weight is 266 g/mol. The summed E-state index contributed by atoms with van der Waals surface area (Å²) in [5.41, 5.74) is 7.29. The lowest BCUT2D eigenvalue weighted by molar-refractivity contribution is 0.622. The van der Waals surface area contributed by atoms with Crippen molar-refractivity contribution in [3.05, 3.63) is 34.3 Å². The third kappa shape index (κ3) is 5.01. The molecule has 0 saturated carbocycles. The van der Waals surface area contributed by atoms with Crippen LogP contribution in [0.5, 0.6) is 0 Å². The highest BCUT2D eigenvalue weighted by Gasteiger charge is 2.02. The minimum atomic E-state index is 0.215. The molecule has 15 heavy (non-hydrogen) atoms. The molecule has 1 aromatic rings. The quantitative estimate of drug-likeness (QED) is 0.832. The van der Waals surface area contributed by atoms with E-state index in [4.69, 9.17) is 5.73 Å². The molecule has 1 rings (SSSR count). The maximum Gasteiger partial charge on any atom is 0.0175 e. The van der Waals surface area contributed by atoms with Crippen molar-refractivity contribution in [3.8, 4) is 11.8 Å². The molecule has 0 bridgehead atoms. The Bertz CT molecular complexity index is 345. The predicted molar refractivity (Wildman–Crippen MR) is 68.5 cm³/mol. The van der Waals surface area contributed by atoms with E-state index >= 15 is 0 Å². The van der Waals surface area contributed by atoms with Gasteiger partial charge in [0.15, 0.2) is 0 Å². The first-order chi connectivity index (χ1) is 7.22. The first-order valence-electron chi connectivity index (χ1n) is 5.12. The SMILES string of the molecule is CC#CCCC(N)Cc1ccc(Br)cc1. The summed E-state index contributed by atoms with van der Waals surface area (Å²) in [6.07, 6.45) is 2.80. The summed E-state index contributed by atoms with van der Waals surface area (Å²) in [7, 11) is 0. The van der Waals surface area contributed by atoms with Crippen LogP contribution in [0.4, 0.5) is 0 Å². The van der Waals surface area contributed by atoms with Crippen molar-refractivity contribution in [1.29, 1.82) is 0 Å². The average Bonchev–Trinajstić information content (AvgIpc) is 2.22. The topological polar surface area (TPSA) is 26.0 Å². The molecule has 0 amide bonds. The van der Waals surface area contributed by atoms with E-state index in [-0.39, 0.29) is 6.04 Å². The van der Waals surface area contributed by atoms with Gasteiger partial charge < -0.3 is 5.73 Å². The molecule has 0 saturated heterocycles. The van der Waals surface area contributed by atoms with Gasteiger partial charge in [-0.2, -0.15) is 0 Å². The van der Waals surface area contributed by atoms with Crippen molar-refractivity contribution in [3.63, 3.8) is 0 Å².